The summed E-state index contributed by atoms with van der Waals surface area (Å²) in [6.07, 6.45) is 13.6. The Bertz CT molecular complexity index is 217. The molecule has 0 spiro atoms. The third-order valence-electron chi connectivity index (χ3n) is 3.54. The van der Waals surface area contributed by atoms with E-state index in [2.05, 4.69) is 6.92 Å². The first kappa shape index (κ1) is 20.9. The van der Waals surface area contributed by atoms with E-state index in [1.54, 1.807) is 0 Å². The molecular weight excluding hydrogens is 262 g/mol. The van der Waals surface area contributed by atoms with Crippen LogP contribution in [-0.2, 0) is 9.47 Å². The van der Waals surface area contributed by atoms with E-state index in [4.69, 9.17) is 15.2 Å². The zero-order valence-corrected chi connectivity index (χ0v) is 15.0. The summed E-state index contributed by atoms with van der Waals surface area (Å²) < 4.78 is 11.2. The number of hydrogen-bond donors (Lipinski definition) is 1. The molecule has 0 aromatic carbocycles. The summed E-state index contributed by atoms with van der Waals surface area (Å²) in [7, 11) is 0. The van der Waals surface area contributed by atoms with Crippen molar-refractivity contribution in [1.82, 2.24) is 0 Å². The molecule has 0 saturated heterocycles. The molecule has 0 amide bonds. The van der Waals surface area contributed by atoms with Gasteiger partial charge in [-0.1, -0.05) is 64.7 Å². The van der Waals surface area contributed by atoms with Crippen molar-refractivity contribution >= 4 is 0 Å². The Balaban J connectivity index is 3.22. The molecule has 0 saturated carbocycles. The van der Waals surface area contributed by atoms with Gasteiger partial charge in [-0.2, -0.15) is 0 Å². The lowest BCUT2D eigenvalue weighted by molar-refractivity contribution is -0.109. The van der Waals surface area contributed by atoms with Gasteiger partial charge in [0, 0.05) is 6.61 Å². The van der Waals surface area contributed by atoms with E-state index in [0.717, 1.165) is 13.0 Å². The van der Waals surface area contributed by atoms with Crippen LogP contribution in [0.2, 0.25) is 0 Å². The normalized spacial score (nSPS) is 14.6. The Morgan fingerprint density at radius 2 is 1.33 bits per heavy atom. The number of nitrogens with two attached hydrogens (primary N) is 1. The topological polar surface area (TPSA) is 44.5 Å². The van der Waals surface area contributed by atoms with E-state index in [1.807, 2.05) is 20.8 Å². The smallest absolute Gasteiger partial charge is 0.137 e. The monoisotopic (exact) mass is 301 g/mol. The highest BCUT2D eigenvalue weighted by molar-refractivity contribution is 4.66. The van der Waals surface area contributed by atoms with Crippen molar-refractivity contribution in [3.8, 4) is 0 Å². The zero-order chi connectivity index (χ0) is 16.0. The SMILES string of the molecule is CCCCCCCCCCCCOCC(C)(N)OC(C)C. The lowest BCUT2D eigenvalue weighted by Gasteiger charge is -2.27. The molecule has 21 heavy (non-hydrogen) atoms. The predicted molar refractivity (Wildman–Crippen MR) is 91.5 cm³/mol. The third kappa shape index (κ3) is 16.1. The molecule has 0 aliphatic carbocycles. The van der Waals surface area contributed by atoms with Crippen LogP contribution in [-0.4, -0.2) is 25.0 Å². The van der Waals surface area contributed by atoms with Crippen LogP contribution >= 0.6 is 0 Å². The van der Waals surface area contributed by atoms with Crippen LogP contribution in [0.3, 0.4) is 0 Å². The van der Waals surface area contributed by atoms with Crippen molar-refractivity contribution in [2.45, 2.75) is 104 Å². The minimum absolute atomic E-state index is 0.140. The van der Waals surface area contributed by atoms with Gasteiger partial charge in [0.25, 0.3) is 0 Å². The van der Waals surface area contributed by atoms with Crippen LogP contribution in [0.4, 0.5) is 0 Å². The number of hydrogen-bond acceptors (Lipinski definition) is 3. The molecule has 1 atom stereocenters. The molecule has 3 nitrogen and oxygen atoms in total. The summed E-state index contributed by atoms with van der Waals surface area (Å²) in [5.41, 5.74) is 5.34. The first-order chi connectivity index (χ1) is 9.98. The minimum Gasteiger partial charge on any atom is -0.377 e. The Hall–Kier alpha value is -0.120. The van der Waals surface area contributed by atoms with Crippen molar-refractivity contribution in [3.63, 3.8) is 0 Å². The maximum absolute atomic E-state index is 6.00. The average molecular weight is 302 g/mol. The molecule has 0 fully saturated rings. The van der Waals surface area contributed by atoms with Crippen molar-refractivity contribution in [2.24, 2.45) is 5.73 Å². The van der Waals surface area contributed by atoms with E-state index in [0.29, 0.717) is 6.61 Å². The quantitative estimate of drug-likeness (QED) is 0.341. The third-order valence-corrected chi connectivity index (χ3v) is 3.54. The highest BCUT2D eigenvalue weighted by atomic mass is 16.6. The second-order valence-electron chi connectivity index (χ2n) is 6.71. The van der Waals surface area contributed by atoms with Crippen molar-refractivity contribution < 1.29 is 9.47 Å². The second-order valence-corrected chi connectivity index (χ2v) is 6.71. The summed E-state index contributed by atoms with van der Waals surface area (Å²) >= 11 is 0. The number of unbranched alkanes of at least 4 members (excludes halogenated alkanes) is 9. The fourth-order valence-corrected chi connectivity index (χ4v) is 2.54. The van der Waals surface area contributed by atoms with Gasteiger partial charge in [0.1, 0.15) is 5.72 Å². The Morgan fingerprint density at radius 1 is 0.857 bits per heavy atom. The fraction of sp³-hybridized carbons (Fsp3) is 1.00. The van der Waals surface area contributed by atoms with E-state index >= 15 is 0 Å². The first-order valence-electron chi connectivity index (χ1n) is 9.02. The molecule has 0 bridgehead atoms. The van der Waals surface area contributed by atoms with Gasteiger partial charge in [-0.3, -0.25) is 0 Å². The Kier molecular flexibility index (Phi) is 13.5. The maximum atomic E-state index is 6.00. The van der Waals surface area contributed by atoms with Crippen LogP contribution < -0.4 is 5.73 Å². The fourth-order valence-electron chi connectivity index (χ4n) is 2.54. The average Bonchev–Trinajstić information content (AvgIpc) is 2.38. The van der Waals surface area contributed by atoms with E-state index < -0.39 is 5.72 Å². The van der Waals surface area contributed by atoms with Gasteiger partial charge in [-0.05, 0) is 27.2 Å². The maximum Gasteiger partial charge on any atom is 0.137 e. The highest BCUT2D eigenvalue weighted by Gasteiger charge is 2.20. The molecule has 0 aliphatic rings. The molecule has 2 N–H and O–H groups in total. The lowest BCUT2D eigenvalue weighted by atomic mass is 10.1. The van der Waals surface area contributed by atoms with E-state index in [9.17, 15) is 0 Å². The molecule has 0 aromatic heterocycles. The van der Waals surface area contributed by atoms with Gasteiger partial charge in [0.15, 0.2) is 0 Å². The van der Waals surface area contributed by atoms with Crippen LogP contribution in [0.25, 0.3) is 0 Å². The van der Waals surface area contributed by atoms with Gasteiger partial charge < -0.3 is 15.2 Å². The van der Waals surface area contributed by atoms with Gasteiger partial charge in [0.2, 0.25) is 0 Å². The molecule has 0 rings (SSSR count). The van der Waals surface area contributed by atoms with Gasteiger partial charge in [-0.15, -0.1) is 0 Å². The van der Waals surface area contributed by atoms with Crippen molar-refractivity contribution in [3.05, 3.63) is 0 Å². The summed E-state index contributed by atoms with van der Waals surface area (Å²) in [5.74, 6) is 0. The standard InChI is InChI=1S/C18H39NO2/c1-5-6-7-8-9-10-11-12-13-14-15-20-16-18(4,19)21-17(2)3/h17H,5-16,19H2,1-4H3. The largest absolute Gasteiger partial charge is 0.377 e. The van der Waals surface area contributed by atoms with Gasteiger partial charge in [-0.25, -0.2) is 0 Å². The van der Waals surface area contributed by atoms with E-state index in [-0.39, 0.29) is 6.10 Å². The molecule has 1 unspecified atom stereocenters. The number of ether oxygens (including phenoxy) is 2. The van der Waals surface area contributed by atoms with Gasteiger partial charge >= 0.3 is 0 Å². The first-order valence-corrected chi connectivity index (χ1v) is 9.02. The van der Waals surface area contributed by atoms with Gasteiger partial charge in [0.05, 0.1) is 12.7 Å². The molecule has 3 heteroatoms. The van der Waals surface area contributed by atoms with Crippen LogP contribution in [0.15, 0.2) is 0 Å². The summed E-state index contributed by atoms with van der Waals surface area (Å²) in [4.78, 5) is 0. The Morgan fingerprint density at radius 3 is 1.81 bits per heavy atom. The van der Waals surface area contributed by atoms with E-state index in [1.165, 1.54) is 57.8 Å². The summed E-state index contributed by atoms with van der Waals surface area (Å²) in [6.45, 7) is 9.41. The second kappa shape index (κ2) is 13.5. The summed E-state index contributed by atoms with van der Waals surface area (Å²) in [5, 5.41) is 0. The predicted octanol–water partition coefficient (Wildman–Crippen LogP) is 5.02. The van der Waals surface area contributed by atoms with Crippen LogP contribution in [0.5, 0.6) is 0 Å². The van der Waals surface area contributed by atoms with Crippen LogP contribution in [0.1, 0.15) is 91.9 Å². The molecule has 0 aromatic rings. The van der Waals surface area contributed by atoms with Crippen molar-refractivity contribution in [1.29, 1.82) is 0 Å². The minimum atomic E-state index is -0.660. The molecule has 128 valence electrons. The molecule has 0 radical (unpaired) electrons. The van der Waals surface area contributed by atoms with Crippen molar-refractivity contribution in [2.75, 3.05) is 13.2 Å². The molecule has 0 aliphatic heterocycles. The summed E-state index contributed by atoms with van der Waals surface area (Å²) in [6, 6.07) is 0. The zero-order valence-electron chi connectivity index (χ0n) is 15.0. The molecular formula is C18H39NO2. The Labute approximate surface area is 133 Å². The highest BCUT2D eigenvalue weighted by Crippen LogP contribution is 2.11. The number of rotatable bonds is 15. The lowest BCUT2D eigenvalue weighted by Crippen LogP contribution is -2.45. The van der Waals surface area contributed by atoms with Crippen LogP contribution in [0, 0.1) is 0 Å². The molecule has 0 heterocycles.